The Hall–Kier alpha value is -2.40. The summed E-state index contributed by atoms with van der Waals surface area (Å²) in [4.78, 5) is 12.3. The maximum absolute atomic E-state index is 13.7. The first-order valence-corrected chi connectivity index (χ1v) is 7.11. The number of amides is 1. The molecule has 3 rings (SSSR count). The van der Waals surface area contributed by atoms with Crippen molar-refractivity contribution in [1.82, 2.24) is 5.32 Å². The fourth-order valence-electron chi connectivity index (χ4n) is 2.55. The lowest BCUT2D eigenvalue weighted by molar-refractivity contribution is 0.0924. The number of halogens is 1. The van der Waals surface area contributed by atoms with E-state index in [1.54, 1.807) is 0 Å². The van der Waals surface area contributed by atoms with Gasteiger partial charge in [-0.3, -0.25) is 4.79 Å². The predicted octanol–water partition coefficient (Wildman–Crippen LogP) is 2.57. The molecule has 2 aromatic rings. The number of hydrogen-bond donors (Lipinski definition) is 2. The number of ether oxygens (including phenoxy) is 1. The van der Waals surface area contributed by atoms with E-state index in [0.717, 1.165) is 17.4 Å². The van der Waals surface area contributed by atoms with Crippen molar-refractivity contribution >= 4 is 5.91 Å². The summed E-state index contributed by atoms with van der Waals surface area (Å²) in [5, 5.41) is 11.9. The molecule has 1 amide bonds. The molecule has 0 fully saturated rings. The predicted molar refractivity (Wildman–Crippen MR) is 79.1 cm³/mol. The molecular weight excluding hydrogens is 285 g/mol. The van der Waals surface area contributed by atoms with Crippen LogP contribution < -0.4 is 10.1 Å². The number of aliphatic hydroxyl groups excluding tert-OH is 1. The Morgan fingerprint density at radius 3 is 2.91 bits per heavy atom. The number of carbonyl (C=O) groups is 1. The molecule has 1 unspecified atom stereocenters. The summed E-state index contributed by atoms with van der Waals surface area (Å²) in [7, 11) is 0. The first-order valence-electron chi connectivity index (χ1n) is 7.11. The van der Waals surface area contributed by atoms with Gasteiger partial charge >= 0.3 is 0 Å². The van der Waals surface area contributed by atoms with Crippen LogP contribution in [0.2, 0.25) is 0 Å². The number of fused-ring (bicyclic) bond motifs is 1. The highest BCUT2D eigenvalue weighted by Crippen LogP contribution is 2.31. The molecule has 1 heterocycles. The third-order valence-electron chi connectivity index (χ3n) is 3.75. The van der Waals surface area contributed by atoms with E-state index in [1.807, 2.05) is 24.3 Å². The van der Waals surface area contributed by atoms with Crippen molar-refractivity contribution in [3.8, 4) is 5.75 Å². The Morgan fingerprint density at radius 2 is 2.14 bits per heavy atom. The van der Waals surface area contributed by atoms with Crippen LogP contribution in [-0.4, -0.2) is 17.6 Å². The van der Waals surface area contributed by atoms with Gasteiger partial charge in [-0.05, 0) is 18.2 Å². The van der Waals surface area contributed by atoms with Gasteiger partial charge in [-0.2, -0.15) is 0 Å². The molecule has 0 spiro atoms. The normalized spacial score (nSPS) is 16.5. The SMILES string of the molecule is O=C(NC1CCOc2ccccc21)c1ccc(CO)c(F)c1. The van der Waals surface area contributed by atoms with Gasteiger partial charge in [0.15, 0.2) is 0 Å². The molecule has 5 heteroatoms. The first-order chi connectivity index (χ1) is 10.7. The Balaban J connectivity index is 1.79. The first kappa shape index (κ1) is 14.5. The zero-order valence-electron chi connectivity index (χ0n) is 11.9. The van der Waals surface area contributed by atoms with Gasteiger partial charge in [0.2, 0.25) is 0 Å². The van der Waals surface area contributed by atoms with Crippen molar-refractivity contribution in [3.05, 3.63) is 65.0 Å². The monoisotopic (exact) mass is 301 g/mol. The van der Waals surface area contributed by atoms with E-state index in [2.05, 4.69) is 5.32 Å². The molecule has 2 N–H and O–H groups in total. The van der Waals surface area contributed by atoms with Crippen LogP contribution in [0.1, 0.15) is 33.9 Å². The van der Waals surface area contributed by atoms with Gasteiger partial charge in [-0.1, -0.05) is 24.3 Å². The second-order valence-corrected chi connectivity index (χ2v) is 5.17. The summed E-state index contributed by atoms with van der Waals surface area (Å²) in [6.07, 6.45) is 0.667. The van der Waals surface area contributed by atoms with E-state index in [0.29, 0.717) is 13.0 Å². The van der Waals surface area contributed by atoms with Crippen LogP contribution in [-0.2, 0) is 6.61 Å². The quantitative estimate of drug-likeness (QED) is 0.916. The molecule has 4 nitrogen and oxygen atoms in total. The smallest absolute Gasteiger partial charge is 0.251 e. The van der Waals surface area contributed by atoms with Crippen LogP contribution in [0.4, 0.5) is 4.39 Å². The molecule has 0 saturated heterocycles. The molecule has 2 aromatic carbocycles. The van der Waals surface area contributed by atoms with Crippen molar-refractivity contribution in [2.45, 2.75) is 19.1 Å². The summed E-state index contributed by atoms with van der Waals surface area (Å²) in [5.74, 6) is -0.159. The highest BCUT2D eigenvalue weighted by Gasteiger charge is 2.23. The van der Waals surface area contributed by atoms with E-state index >= 15 is 0 Å². The minimum Gasteiger partial charge on any atom is -0.493 e. The van der Waals surface area contributed by atoms with Crippen LogP contribution in [0.15, 0.2) is 42.5 Å². The van der Waals surface area contributed by atoms with Crippen LogP contribution in [0.3, 0.4) is 0 Å². The van der Waals surface area contributed by atoms with Crippen molar-refractivity contribution in [2.75, 3.05) is 6.61 Å². The minimum atomic E-state index is -0.581. The standard InChI is InChI=1S/C17H16FNO3/c18-14-9-11(5-6-12(14)10-20)17(21)19-15-7-8-22-16-4-2-1-3-13(15)16/h1-6,9,15,20H,7-8,10H2,(H,19,21). The second-order valence-electron chi connectivity index (χ2n) is 5.17. The maximum atomic E-state index is 13.7. The third kappa shape index (κ3) is 2.80. The molecular formula is C17H16FNO3. The molecule has 1 aliphatic heterocycles. The van der Waals surface area contributed by atoms with Gasteiger partial charge in [0.05, 0.1) is 19.3 Å². The maximum Gasteiger partial charge on any atom is 0.251 e. The molecule has 114 valence electrons. The van der Waals surface area contributed by atoms with Crippen molar-refractivity contribution in [2.24, 2.45) is 0 Å². The van der Waals surface area contributed by atoms with Gasteiger partial charge in [0.25, 0.3) is 5.91 Å². The van der Waals surface area contributed by atoms with E-state index < -0.39 is 5.82 Å². The fraction of sp³-hybridized carbons (Fsp3) is 0.235. The van der Waals surface area contributed by atoms with Crippen molar-refractivity contribution < 1.29 is 19.0 Å². The number of carbonyl (C=O) groups excluding carboxylic acids is 1. The second kappa shape index (κ2) is 6.15. The largest absolute Gasteiger partial charge is 0.493 e. The van der Waals surface area contributed by atoms with Crippen LogP contribution >= 0.6 is 0 Å². The Labute approximate surface area is 127 Å². The molecule has 22 heavy (non-hydrogen) atoms. The topological polar surface area (TPSA) is 58.6 Å². The van der Waals surface area contributed by atoms with Crippen molar-refractivity contribution in [1.29, 1.82) is 0 Å². The van der Waals surface area contributed by atoms with Crippen molar-refractivity contribution in [3.63, 3.8) is 0 Å². The highest BCUT2D eigenvalue weighted by molar-refractivity contribution is 5.94. The number of benzene rings is 2. The number of hydrogen-bond acceptors (Lipinski definition) is 3. The lowest BCUT2D eigenvalue weighted by atomic mass is 10.00. The third-order valence-corrected chi connectivity index (χ3v) is 3.75. The zero-order valence-corrected chi connectivity index (χ0v) is 11.9. The molecule has 0 bridgehead atoms. The highest BCUT2D eigenvalue weighted by atomic mass is 19.1. The van der Waals surface area contributed by atoms with E-state index in [9.17, 15) is 9.18 Å². The van der Waals surface area contributed by atoms with Gasteiger partial charge < -0.3 is 15.2 Å². The van der Waals surface area contributed by atoms with Gasteiger partial charge in [-0.25, -0.2) is 4.39 Å². The summed E-state index contributed by atoms with van der Waals surface area (Å²) in [6, 6.07) is 11.5. The molecule has 0 aliphatic carbocycles. The molecule has 0 aromatic heterocycles. The average Bonchev–Trinajstić information content (AvgIpc) is 2.55. The molecule has 1 atom stereocenters. The van der Waals surface area contributed by atoms with E-state index in [1.165, 1.54) is 12.1 Å². The van der Waals surface area contributed by atoms with E-state index in [-0.39, 0.29) is 29.7 Å². The van der Waals surface area contributed by atoms with Gasteiger partial charge in [0.1, 0.15) is 11.6 Å². The minimum absolute atomic E-state index is 0.155. The fourth-order valence-corrected chi connectivity index (χ4v) is 2.55. The Bertz CT molecular complexity index is 702. The number of rotatable bonds is 3. The number of aliphatic hydroxyl groups is 1. The van der Waals surface area contributed by atoms with Crippen LogP contribution in [0.25, 0.3) is 0 Å². The molecule has 1 aliphatic rings. The summed E-state index contributed by atoms with van der Waals surface area (Å²) >= 11 is 0. The van der Waals surface area contributed by atoms with Crippen LogP contribution in [0.5, 0.6) is 5.75 Å². The Kier molecular flexibility index (Phi) is 4.06. The summed E-state index contributed by atoms with van der Waals surface area (Å²) < 4.78 is 19.2. The zero-order chi connectivity index (χ0) is 15.5. The van der Waals surface area contributed by atoms with Crippen LogP contribution in [0, 0.1) is 5.82 Å². The molecule has 0 radical (unpaired) electrons. The number of para-hydroxylation sites is 1. The summed E-state index contributed by atoms with van der Waals surface area (Å²) in [5.41, 5.74) is 1.33. The average molecular weight is 301 g/mol. The van der Waals surface area contributed by atoms with Gasteiger partial charge in [0, 0.05) is 23.1 Å². The van der Waals surface area contributed by atoms with Gasteiger partial charge in [-0.15, -0.1) is 0 Å². The number of nitrogens with one attached hydrogen (secondary N) is 1. The lowest BCUT2D eigenvalue weighted by Crippen LogP contribution is -2.32. The summed E-state index contributed by atoms with van der Waals surface area (Å²) in [6.45, 7) is 0.140. The van der Waals surface area contributed by atoms with E-state index in [4.69, 9.17) is 9.84 Å². The Morgan fingerprint density at radius 1 is 1.32 bits per heavy atom. The lowest BCUT2D eigenvalue weighted by Gasteiger charge is -2.26. The molecule has 0 saturated carbocycles.